The van der Waals surface area contributed by atoms with Crippen molar-refractivity contribution < 1.29 is 14.3 Å². The molecule has 0 saturated carbocycles. The second-order valence-electron chi connectivity index (χ2n) is 3.07. The van der Waals surface area contributed by atoms with Crippen molar-refractivity contribution in [2.45, 2.75) is 12.5 Å². The molecule has 0 aromatic carbocycles. The van der Waals surface area contributed by atoms with Crippen LogP contribution in [0.4, 0.5) is 4.79 Å². The lowest BCUT2D eigenvalue weighted by Gasteiger charge is -2.07. The standard InChI is InChI=1S/C8H11NO3/c1-11-4-6-2-7-5-12-8(10)9(7)3-6/h4,7H,2-3,5H2,1H3/b6-4+/t7-/m0/s1. The normalized spacial score (nSPS) is 30.8. The van der Waals surface area contributed by atoms with Crippen LogP contribution in [-0.2, 0) is 9.47 Å². The Morgan fingerprint density at radius 1 is 1.75 bits per heavy atom. The smallest absolute Gasteiger partial charge is 0.410 e. The average Bonchev–Trinajstić information content (AvgIpc) is 2.55. The van der Waals surface area contributed by atoms with Crippen LogP contribution in [-0.4, -0.2) is 37.3 Å². The van der Waals surface area contributed by atoms with E-state index in [1.807, 2.05) is 0 Å². The minimum Gasteiger partial charge on any atom is -0.504 e. The highest BCUT2D eigenvalue weighted by molar-refractivity contribution is 5.71. The number of rotatable bonds is 1. The van der Waals surface area contributed by atoms with Gasteiger partial charge in [0.25, 0.3) is 0 Å². The van der Waals surface area contributed by atoms with Crippen molar-refractivity contribution >= 4 is 6.09 Å². The fourth-order valence-corrected chi connectivity index (χ4v) is 1.69. The van der Waals surface area contributed by atoms with Crippen LogP contribution in [0.2, 0.25) is 0 Å². The lowest BCUT2D eigenvalue weighted by molar-refractivity contribution is 0.160. The van der Waals surface area contributed by atoms with Crippen LogP contribution >= 0.6 is 0 Å². The van der Waals surface area contributed by atoms with Crippen molar-refractivity contribution in [1.82, 2.24) is 4.90 Å². The van der Waals surface area contributed by atoms with E-state index in [4.69, 9.17) is 9.47 Å². The molecule has 2 heterocycles. The fourth-order valence-electron chi connectivity index (χ4n) is 1.69. The maximum Gasteiger partial charge on any atom is 0.410 e. The Kier molecular flexibility index (Phi) is 1.67. The van der Waals surface area contributed by atoms with Crippen molar-refractivity contribution in [2.24, 2.45) is 0 Å². The fraction of sp³-hybridized carbons (Fsp3) is 0.625. The average molecular weight is 169 g/mol. The second kappa shape index (κ2) is 2.69. The van der Waals surface area contributed by atoms with Crippen molar-refractivity contribution in [2.75, 3.05) is 20.3 Å². The number of cyclic esters (lactones) is 1. The molecule has 0 aromatic rings. The third kappa shape index (κ3) is 1.03. The Morgan fingerprint density at radius 3 is 3.25 bits per heavy atom. The molecule has 1 amide bonds. The van der Waals surface area contributed by atoms with Crippen LogP contribution in [0.15, 0.2) is 11.8 Å². The van der Waals surface area contributed by atoms with Crippen LogP contribution in [0.25, 0.3) is 0 Å². The predicted octanol–water partition coefficient (Wildman–Crippen LogP) is 0.741. The molecule has 2 saturated heterocycles. The molecule has 12 heavy (non-hydrogen) atoms. The molecule has 0 radical (unpaired) electrons. The molecule has 0 unspecified atom stereocenters. The number of methoxy groups -OCH3 is 1. The minimum absolute atomic E-state index is 0.195. The number of hydrogen-bond acceptors (Lipinski definition) is 3. The molecule has 2 fully saturated rings. The molecule has 1 atom stereocenters. The maximum absolute atomic E-state index is 11.0. The van der Waals surface area contributed by atoms with Gasteiger partial charge in [-0.05, 0) is 12.0 Å². The van der Waals surface area contributed by atoms with Gasteiger partial charge in [0.2, 0.25) is 0 Å². The van der Waals surface area contributed by atoms with Crippen molar-refractivity contribution in [3.05, 3.63) is 11.8 Å². The van der Waals surface area contributed by atoms with Gasteiger partial charge in [-0.2, -0.15) is 0 Å². The largest absolute Gasteiger partial charge is 0.504 e. The molecule has 0 aliphatic carbocycles. The number of carbonyl (C=O) groups excluding carboxylic acids is 1. The van der Waals surface area contributed by atoms with E-state index in [0.29, 0.717) is 13.2 Å². The van der Waals surface area contributed by atoms with E-state index in [1.54, 1.807) is 18.3 Å². The van der Waals surface area contributed by atoms with Gasteiger partial charge in [-0.1, -0.05) is 0 Å². The highest BCUT2D eigenvalue weighted by Gasteiger charge is 2.38. The Morgan fingerprint density at radius 2 is 2.58 bits per heavy atom. The number of hydrogen-bond donors (Lipinski definition) is 0. The maximum atomic E-state index is 11.0. The Bertz CT molecular complexity index is 236. The Balaban J connectivity index is 2.07. The van der Waals surface area contributed by atoms with E-state index in [1.165, 1.54) is 5.57 Å². The molecule has 0 spiro atoms. The first-order valence-corrected chi connectivity index (χ1v) is 3.95. The summed E-state index contributed by atoms with van der Waals surface area (Å²) < 4.78 is 9.75. The molecule has 2 aliphatic rings. The van der Waals surface area contributed by atoms with Crippen molar-refractivity contribution in [1.29, 1.82) is 0 Å². The van der Waals surface area contributed by atoms with Crippen molar-refractivity contribution in [3.8, 4) is 0 Å². The summed E-state index contributed by atoms with van der Waals surface area (Å²) in [5, 5.41) is 0. The molecule has 66 valence electrons. The molecule has 4 nitrogen and oxygen atoms in total. The summed E-state index contributed by atoms with van der Waals surface area (Å²) in [4.78, 5) is 12.8. The molecule has 4 heteroatoms. The first kappa shape index (κ1) is 7.46. The summed E-state index contributed by atoms with van der Waals surface area (Å²) in [5.41, 5.74) is 1.17. The topological polar surface area (TPSA) is 38.8 Å². The summed E-state index contributed by atoms with van der Waals surface area (Å²) in [6, 6.07) is 0.249. The molecule has 2 rings (SSSR count). The van der Waals surface area contributed by atoms with Crippen LogP contribution in [0.1, 0.15) is 6.42 Å². The van der Waals surface area contributed by atoms with E-state index in [-0.39, 0.29) is 12.1 Å². The van der Waals surface area contributed by atoms with Crippen LogP contribution in [0.3, 0.4) is 0 Å². The number of amides is 1. The number of carbonyl (C=O) groups is 1. The summed E-state index contributed by atoms with van der Waals surface area (Å²) in [5.74, 6) is 0. The first-order valence-electron chi connectivity index (χ1n) is 3.95. The van der Waals surface area contributed by atoms with Gasteiger partial charge >= 0.3 is 6.09 Å². The molecule has 2 aliphatic heterocycles. The predicted molar refractivity (Wildman–Crippen MR) is 41.6 cm³/mol. The molecular formula is C8H11NO3. The second-order valence-corrected chi connectivity index (χ2v) is 3.07. The highest BCUT2D eigenvalue weighted by Crippen LogP contribution is 2.27. The zero-order valence-corrected chi connectivity index (χ0v) is 6.95. The summed E-state index contributed by atoms with van der Waals surface area (Å²) in [7, 11) is 1.62. The van der Waals surface area contributed by atoms with Gasteiger partial charge in [0.05, 0.1) is 19.4 Å². The monoisotopic (exact) mass is 169 g/mol. The summed E-state index contributed by atoms with van der Waals surface area (Å²) in [6.45, 7) is 1.19. The summed E-state index contributed by atoms with van der Waals surface area (Å²) >= 11 is 0. The van der Waals surface area contributed by atoms with Gasteiger partial charge in [0.1, 0.15) is 6.61 Å². The lowest BCUT2D eigenvalue weighted by Crippen LogP contribution is -2.26. The van der Waals surface area contributed by atoms with Crippen molar-refractivity contribution in [3.63, 3.8) is 0 Å². The molecular weight excluding hydrogens is 158 g/mol. The number of nitrogens with zero attached hydrogens (tertiary/aromatic N) is 1. The first-order chi connectivity index (χ1) is 5.81. The van der Waals surface area contributed by atoms with Gasteiger partial charge in [-0.3, -0.25) is 4.90 Å². The van der Waals surface area contributed by atoms with Crippen LogP contribution in [0.5, 0.6) is 0 Å². The Labute approximate surface area is 70.7 Å². The lowest BCUT2D eigenvalue weighted by atomic mass is 10.2. The Hall–Kier alpha value is -1.19. The van der Waals surface area contributed by atoms with E-state index >= 15 is 0 Å². The van der Waals surface area contributed by atoms with Gasteiger partial charge in [0.15, 0.2) is 0 Å². The van der Waals surface area contributed by atoms with E-state index in [9.17, 15) is 4.79 Å². The highest BCUT2D eigenvalue weighted by atomic mass is 16.6. The van der Waals surface area contributed by atoms with Crippen LogP contribution < -0.4 is 0 Å². The quantitative estimate of drug-likeness (QED) is 0.543. The van der Waals surface area contributed by atoms with Gasteiger partial charge in [0, 0.05) is 6.54 Å². The molecule has 0 aromatic heterocycles. The number of fused-ring (bicyclic) bond motifs is 1. The zero-order valence-electron chi connectivity index (χ0n) is 6.95. The minimum atomic E-state index is -0.195. The third-order valence-corrected chi connectivity index (χ3v) is 2.23. The molecule has 0 bridgehead atoms. The van der Waals surface area contributed by atoms with E-state index in [0.717, 1.165) is 6.42 Å². The third-order valence-electron chi connectivity index (χ3n) is 2.23. The van der Waals surface area contributed by atoms with Gasteiger partial charge < -0.3 is 9.47 Å². The van der Waals surface area contributed by atoms with Gasteiger partial charge in [-0.15, -0.1) is 0 Å². The number of ether oxygens (including phenoxy) is 2. The summed E-state index contributed by atoms with van der Waals surface area (Å²) in [6.07, 6.45) is 2.41. The van der Waals surface area contributed by atoms with E-state index in [2.05, 4.69) is 0 Å². The van der Waals surface area contributed by atoms with Gasteiger partial charge in [-0.25, -0.2) is 4.79 Å². The van der Waals surface area contributed by atoms with Crippen LogP contribution in [0, 0.1) is 0 Å². The van der Waals surface area contributed by atoms with E-state index < -0.39 is 0 Å². The molecule has 0 N–H and O–H groups in total. The SMILES string of the molecule is CO/C=C1\C[C@H]2COC(=O)N2C1. The zero-order chi connectivity index (χ0) is 8.55.